The summed E-state index contributed by atoms with van der Waals surface area (Å²) in [4.78, 5) is 0. The lowest BCUT2D eigenvalue weighted by Crippen LogP contribution is -2.60. The van der Waals surface area contributed by atoms with Crippen LogP contribution in [0.2, 0.25) is 0 Å². The Morgan fingerprint density at radius 2 is 2.15 bits per heavy atom. The smallest absolute Gasteiger partial charge is 0.0211 e. The fourth-order valence-corrected chi connectivity index (χ4v) is 4.64. The van der Waals surface area contributed by atoms with Gasteiger partial charge in [0.15, 0.2) is 0 Å². The van der Waals surface area contributed by atoms with Crippen LogP contribution in [0.25, 0.3) is 0 Å². The second-order valence-corrected chi connectivity index (χ2v) is 5.55. The van der Waals surface area contributed by atoms with E-state index in [0.717, 1.165) is 17.8 Å². The van der Waals surface area contributed by atoms with E-state index >= 15 is 0 Å². The molecule has 4 atom stereocenters. The Balaban J connectivity index is 1.93. The minimum Gasteiger partial charge on any atom is -0.314 e. The van der Waals surface area contributed by atoms with Crippen molar-refractivity contribution in [3.8, 4) is 0 Å². The first-order valence-corrected chi connectivity index (χ1v) is 6.03. The predicted octanol–water partition coefficient (Wildman–Crippen LogP) is 2.56. The van der Waals surface area contributed by atoms with Crippen LogP contribution in [0.1, 0.15) is 44.9 Å². The average molecular weight is 179 g/mol. The van der Waals surface area contributed by atoms with E-state index in [-0.39, 0.29) is 0 Å². The highest BCUT2D eigenvalue weighted by Gasteiger charge is 2.52. The summed E-state index contributed by atoms with van der Waals surface area (Å²) in [7, 11) is 2.20. The minimum absolute atomic E-state index is 0.587. The Hall–Kier alpha value is -0.0400. The Bertz CT molecular complexity index is 213. The van der Waals surface area contributed by atoms with E-state index in [4.69, 9.17) is 0 Å². The van der Waals surface area contributed by atoms with E-state index in [0.29, 0.717) is 5.54 Å². The second kappa shape index (κ2) is 2.73. The predicted molar refractivity (Wildman–Crippen MR) is 54.6 cm³/mol. The van der Waals surface area contributed by atoms with Gasteiger partial charge in [-0.1, -0.05) is 19.3 Å². The summed E-state index contributed by atoms with van der Waals surface area (Å²) in [6, 6.07) is 0. The third-order valence-corrected chi connectivity index (χ3v) is 5.15. The maximum atomic E-state index is 3.68. The maximum Gasteiger partial charge on any atom is 0.0211 e. The minimum atomic E-state index is 0.587. The van der Waals surface area contributed by atoms with Gasteiger partial charge in [-0.25, -0.2) is 0 Å². The molecule has 4 rings (SSSR count). The molecule has 4 bridgehead atoms. The Kier molecular flexibility index (Phi) is 1.74. The van der Waals surface area contributed by atoms with Crippen molar-refractivity contribution in [2.24, 2.45) is 17.8 Å². The van der Waals surface area contributed by atoms with Crippen LogP contribution in [0, 0.1) is 17.8 Å². The second-order valence-electron chi connectivity index (χ2n) is 5.55. The van der Waals surface area contributed by atoms with Gasteiger partial charge in [0.2, 0.25) is 0 Å². The van der Waals surface area contributed by atoms with E-state index < -0.39 is 0 Å². The van der Waals surface area contributed by atoms with Gasteiger partial charge in [-0.15, -0.1) is 0 Å². The Morgan fingerprint density at radius 1 is 1.23 bits per heavy atom. The summed E-state index contributed by atoms with van der Waals surface area (Å²) in [5.74, 6) is 3.20. The standard InChI is InChI=1S/C12H21N/c1-13-12-6-2-3-10-7-9(8-12)4-5-11(10)12/h9-11,13H,2-8H2,1H3/t9-,10-,11+,12+/m1/s1. The molecule has 1 heteroatoms. The van der Waals surface area contributed by atoms with Gasteiger partial charge < -0.3 is 5.32 Å². The maximum absolute atomic E-state index is 3.68. The molecule has 0 unspecified atom stereocenters. The van der Waals surface area contributed by atoms with Crippen LogP contribution < -0.4 is 5.32 Å². The lowest BCUT2D eigenvalue weighted by molar-refractivity contribution is -0.0398. The summed E-state index contributed by atoms with van der Waals surface area (Å²) in [6.07, 6.45) is 10.6. The van der Waals surface area contributed by atoms with Gasteiger partial charge in [-0.3, -0.25) is 0 Å². The first-order chi connectivity index (χ1) is 6.34. The van der Waals surface area contributed by atoms with Crippen molar-refractivity contribution in [1.29, 1.82) is 0 Å². The fraction of sp³-hybridized carbons (Fsp3) is 1.00. The number of fused-ring (bicyclic) bond motifs is 1. The van der Waals surface area contributed by atoms with Gasteiger partial charge in [0, 0.05) is 5.54 Å². The molecule has 4 aliphatic rings. The summed E-state index contributed by atoms with van der Waals surface area (Å²) >= 11 is 0. The summed E-state index contributed by atoms with van der Waals surface area (Å²) < 4.78 is 0. The van der Waals surface area contributed by atoms with Gasteiger partial charge in [-0.2, -0.15) is 0 Å². The third-order valence-electron chi connectivity index (χ3n) is 5.15. The molecule has 0 aliphatic heterocycles. The van der Waals surface area contributed by atoms with Gasteiger partial charge in [-0.05, 0) is 50.5 Å². The number of hydrogen-bond donors (Lipinski definition) is 1. The molecule has 0 heterocycles. The van der Waals surface area contributed by atoms with Crippen LogP contribution in [0.3, 0.4) is 0 Å². The molecule has 0 aromatic heterocycles. The zero-order valence-electron chi connectivity index (χ0n) is 8.68. The largest absolute Gasteiger partial charge is 0.314 e. The van der Waals surface area contributed by atoms with Crippen molar-refractivity contribution >= 4 is 0 Å². The molecule has 0 aromatic rings. The van der Waals surface area contributed by atoms with Gasteiger partial charge in [0.25, 0.3) is 0 Å². The molecule has 0 aromatic carbocycles. The van der Waals surface area contributed by atoms with Crippen LogP contribution in [0.4, 0.5) is 0 Å². The van der Waals surface area contributed by atoms with Gasteiger partial charge in [0.05, 0.1) is 0 Å². The van der Waals surface area contributed by atoms with Crippen LogP contribution in [-0.4, -0.2) is 12.6 Å². The Labute approximate surface area is 81.3 Å². The van der Waals surface area contributed by atoms with E-state index in [9.17, 15) is 0 Å². The van der Waals surface area contributed by atoms with Crippen molar-refractivity contribution in [3.05, 3.63) is 0 Å². The first kappa shape index (κ1) is 8.28. The molecule has 4 saturated carbocycles. The molecule has 13 heavy (non-hydrogen) atoms. The topological polar surface area (TPSA) is 12.0 Å². The highest BCUT2D eigenvalue weighted by Crippen LogP contribution is 2.56. The number of nitrogens with one attached hydrogen (secondary N) is 1. The molecule has 1 nitrogen and oxygen atoms in total. The van der Waals surface area contributed by atoms with Crippen LogP contribution in [0.5, 0.6) is 0 Å². The van der Waals surface area contributed by atoms with E-state index in [1.807, 2.05) is 0 Å². The van der Waals surface area contributed by atoms with Crippen molar-refractivity contribution in [2.75, 3.05) is 7.05 Å². The molecule has 0 saturated heterocycles. The zero-order valence-corrected chi connectivity index (χ0v) is 8.68. The van der Waals surface area contributed by atoms with E-state index in [1.54, 1.807) is 6.42 Å². The number of rotatable bonds is 1. The van der Waals surface area contributed by atoms with Crippen molar-refractivity contribution < 1.29 is 0 Å². The van der Waals surface area contributed by atoms with E-state index in [2.05, 4.69) is 12.4 Å². The molecule has 0 amide bonds. The number of hydrogen-bond acceptors (Lipinski definition) is 1. The highest BCUT2D eigenvalue weighted by atomic mass is 15.0. The summed E-state index contributed by atoms with van der Waals surface area (Å²) in [5.41, 5.74) is 0.587. The summed E-state index contributed by atoms with van der Waals surface area (Å²) in [6.45, 7) is 0. The monoisotopic (exact) mass is 179 g/mol. The molecule has 74 valence electrons. The zero-order chi connectivity index (χ0) is 8.89. The van der Waals surface area contributed by atoms with Crippen molar-refractivity contribution in [1.82, 2.24) is 5.32 Å². The highest BCUT2D eigenvalue weighted by molar-refractivity contribution is 5.07. The quantitative estimate of drug-likeness (QED) is 0.652. The Morgan fingerprint density at radius 3 is 2.85 bits per heavy atom. The summed E-state index contributed by atoms with van der Waals surface area (Å²) in [5, 5.41) is 3.68. The fourth-order valence-electron chi connectivity index (χ4n) is 4.64. The lowest BCUT2D eigenvalue weighted by atomic mass is 9.51. The normalized spacial score (nSPS) is 53.8. The molecule has 4 fully saturated rings. The van der Waals surface area contributed by atoms with Crippen LogP contribution in [0.15, 0.2) is 0 Å². The van der Waals surface area contributed by atoms with Crippen molar-refractivity contribution in [2.45, 2.75) is 50.5 Å². The average Bonchev–Trinajstić information content (AvgIpc) is 2.18. The SMILES string of the molecule is CN[C@]12CCC[C@@H]3C[C@@H](CC[C@@H]31)C2. The van der Waals surface area contributed by atoms with Crippen molar-refractivity contribution in [3.63, 3.8) is 0 Å². The lowest BCUT2D eigenvalue weighted by Gasteiger charge is -2.58. The van der Waals surface area contributed by atoms with E-state index in [1.165, 1.54) is 38.5 Å². The van der Waals surface area contributed by atoms with Crippen LogP contribution >= 0.6 is 0 Å². The molecular formula is C12H21N. The van der Waals surface area contributed by atoms with Gasteiger partial charge >= 0.3 is 0 Å². The third kappa shape index (κ3) is 1.03. The first-order valence-electron chi connectivity index (χ1n) is 6.03. The molecule has 0 spiro atoms. The molecule has 1 N–H and O–H groups in total. The molecule has 4 aliphatic carbocycles. The van der Waals surface area contributed by atoms with Crippen LogP contribution in [-0.2, 0) is 0 Å². The van der Waals surface area contributed by atoms with Gasteiger partial charge in [0.1, 0.15) is 0 Å². The molecular weight excluding hydrogens is 158 g/mol. The molecule has 0 radical (unpaired) electrons.